The van der Waals surface area contributed by atoms with E-state index in [-0.39, 0.29) is 5.41 Å². The molecule has 1 nitrogen and oxygen atoms in total. The molecular formula is C16H25Cl2N. The molecule has 1 N–H and O–H groups in total. The summed E-state index contributed by atoms with van der Waals surface area (Å²) in [6.07, 6.45) is 3.42. The highest BCUT2D eigenvalue weighted by molar-refractivity contribution is 6.42. The minimum Gasteiger partial charge on any atom is -0.314 e. The van der Waals surface area contributed by atoms with Crippen LogP contribution in [0.15, 0.2) is 18.2 Å². The van der Waals surface area contributed by atoms with E-state index in [0.29, 0.717) is 16.1 Å². The molecule has 1 unspecified atom stereocenters. The zero-order chi connectivity index (χ0) is 14.5. The van der Waals surface area contributed by atoms with Crippen molar-refractivity contribution in [2.24, 2.45) is 5.41 Å². The van der Waals surface area contributed by atoms with E-state index in [1.807, 2.05) is 12.1 Å². The molecule has 1 aromatic rings. The van der Waals surface area contributed by atoms with Gasteiger partial charge in [0.1, 0.15) is 0 Å². The molecule has 0 aromatic heterocycles. The summed E-state index contributed by atoms with van der Waals surface area (Å²) in [4.78, 5) is 0. The van der Waals surface area contributed by atoms with Crippen molar-refractivity contribution in [3.63, 3.8) is 0 Å². The van der Waals surface area contributed by atoms with Crippen molar-refractivity contribution >= 4 is 23.2 Å². The van der Waals surface area contributed by atoms with Crippen LogP contribution in [0.2, 0.25) is 10.0 Å². The molecule has 1 rings (SSSR count). The summed E-state index contributed by atoms with van der Waals surface area (Å²) in [5, 5.41) is 4.83. The number of rotatable bonds is 7. The summed E-state index contributed by atoms with van der Waals surface area (Å²) in [6.45, 7) is 9.98. The molecule has 0 saturated heterocycles. The molecule has 0 amide bonds. The van der Waals surface area contributed by atoms with Crippen molar-refractivity contribution in [3.8, 4) is 0 Å². The number of benzene rings is 1. The van der Waals surface area contributed by atoms with Gasteiger partial charge in [0.05, 0.1) is 10.0 Å². The molecular weight excluding hydrogens is 277 g/mol. The van der Waals surface area contributed by atoms with Gasteiger partial charge in [-0.05, 0) is 36.0 Å². The SMILES string of the molecule is CCCC(C)(CNC(C)C)Cc1ccc(Cl)c(Cl)c1. The van der Waals surface area contributed by atoms with Crippen LogP contribution in [0.5, 0.6) is 0 Å². The van der Waals surface area contributed by atoms with E-state index in [2.05, 4.69) is 39.1 Å². The lowest BCUT2D eigenvalue weighted by atomic mass is 9.79. The molecule has 0 aliphatic carbocycles. The molecule has 0 radical (unpaired) electrons. The fraction of sp³-hybridized carbons (Fsp3) is 0.625. The first-order chi connectivity index (χ1) is 8.86. The summed E-state index contributed by atoms with van der Waals surface area (Å²) >= 11 is 12.1. The zero-order valence-electron chi connectivity index (χ0n) is 12.4. The van der Waals surface area contributed by atoms with E-state index in [4.69, 9.17) is 23.2 Å². The molecule has 108 valence electrons. The molecule has 0 saturated carbocycles. The first-order valence-electron chi connectivity index (χ1n) is 7.03. The van der Waals surface area contributed by atoms with Gasteiger partial charge in [-0.1, -0.05) is 63.4 Å². The Morgan fingerprint density at radius 2 is 1.89 bits per heavy atom. The lowest BCUT2D eigenvalue weighted by molar-refractivity contribution is 0.267. The smallest absolute Gasteiger partial charge is 0.0595 e. The Morgan fingerprint density at radius 1 is 1.21 bits per heavy atom. The maximum absolute atomic E-state index is 6.10. The fourth-order valence-corrected chi connectivity index (χ4v) is 2.76. The van der Waals surface area contributed by atoms with Crippen LogP contribution in [-0.2, 0) is 6.42 Å². The van der Waals surface area contributed by atoms with Crippen molar-refractivity contribution in [1.82, 2.24) is 5.32 Å². The van der Waals surface area contributed by atoms with Crippen LogP contribution >= 0.6 is 23.2 Å². The molecule has 1 atom stereocenters. The van der Waals surface area contributed by atoms with Crippen molar-refractivity contribution in [3.05, 3.63) is 33.8 Å². The summed E-state index contributed by atoms with van der Waals surface area (Å²) in [6, 6.07) is 6.48. The predicted molar refractivity (Wildman–Crippen MR) is 86.3 cm³/mol. The van der Waals surface area contributed by atoms with Gasteiger partial charge in [-0.3, -0.25) is 0 Å². The van der Waals surface area contributed by atoms with Gasteiger partial charge in [-0.15, -0.1) is 0 Å². The first kappa shape index (κ1) is 16.8. The van der Waals surface area contributed by atoms with E-state index in [1.165, 1.54) is 18.4 Å². The number of hydrogen-bond acceptors (Lipinski definition) is 1. The lowest BCUT2D eigenvalue weighted by Crippen LogP contribution is -2.37. The second kappa shape index (κ2) is 7.52. The van der Waals surface area contributed by atoms with Crippen LogP contribution in [0.1, 0.15) is 46.1 Å². The maximum Gasteiger partial charge on any atom is 0.0595 e. The van der Waals surface area contributed by atoms with E-state index in [9.17, 15) is 0 Å². The Kier molecular flexibility index (Phi) is 6.65. The summed E-state index contributed by atoms with van der Waals surface area (Å²) < 4.78 is 0. The van der Waals surface area contributed by atoms with Crippen LogP contribution in [-0.4, -0.2) is 12.6 Å². The van der Waals surface area contributed by atoms with E-state index in [0.717, 1.165) is 13.0 Å². The van der Waals surface area contributed by atoms with Gasteiger partial charge in [0.25, 0.3) is 0 Å². The van der Waals surface area contributed by atoms with Crippen molar-refractivity contribution in [1.29, 1.82) is 0 Å². The normalized spacial score (nSPS) is 14.7. The molecule has 0 bridgehead atoms. The molecule has 0 heterocycles. The summed E-state index contributed by atoms with van der Waals surface area (Å²) in [5.41, 5.74) is 1.52. The highest BCUT2D eigenvalue weighted by Gasteiger charge is 2.24. The molecule has 0 aliphatic heterocycles. The summed E-state index contributed by atoms with van der Waals surface area (Å²) in [7, 11) is 0. The Labute approximate surface area is 127 Å². The minimum absolute atomic E-state index is 0.260. The van der Waals surface area contributed by atoms with Crippen LogP contribution < -0.4 is 5.32 Å². The fourth-order valence-electron chi connectivity index (χ4n) is 2.44. The van der Waals surface area contributed by atoms with E-state index >= 15 is 0 Å². The van der Waals surface area contributed by atoms with Gasteiger partial charge in [-0.2, -0.15) is 0 Å². The standard InChI is InChI=1S/C16H25Cl2N/c1-5-8-16(4,11-19-12(2)3)10-13-6-7-14(17)15(18)9-13/h6-7,9,12,19H,5,8,10-11H2,1-4H3. The molecule has 0 aliphatic rings. The average Bonchev–Trinajstić information content (AvgIpc) is 2.32. The quantitative estimate of drug-likeness (QED) is 0.717. The van der Waals surface area contributed by atoms with Gasteiger partial charge in [0, 0.05) is 12.6 Å². The third kappa shape index (κ3) is 5.72. The number of halogens is 2. The summed E-state index contributed by atoms with van der Waals surface area (Å²) in [5.74, 6) is 0. The second-order valence-electron chi connectivity index (χ2n) is 6.02. The van der Waals surface area contributed by atoms with Crippen molar-refractivity contribution in [2.45, 2.75) is 53.0 Å². The Balaban J connectivity index is 2.78. The van der Waals surface area contributed by atoms with Gasteiger partial charge >= 0.3 is 0 Å². The molecule has 1 aromatic carbocycles. The number of nitrogens with one attached hydrogen (secondary N) is 1. The lowest BCUT2D eigenvalue weighted by Gasteiger charge is -2.31. The molecule has 0 spiro atoms. The monoisotopic (exact) mass is 301 g/mol. The van der Waals surface area contributed by atoms with Gasteiger partial charge in [-0.25, -0.2) is 0 Å². The largest absolute Gasteiger partial charge is 0.314 e. The molecule has 19 heavy (non-hydrogen) atoms. The third-order valence-electron chi connectivity index (χ3n) is 3.41. The van der Waals surface area contributed by atoms with Crippen LogP contribution in [0.4, 0.5) is 0 Å². The van der Waals surface area contributed by atoms with Gasteiger partial charge in [0.2, 0.25) is 0 Å². The Bertz CT molecular complexity index is 404. The topological polar surface area (TPSA) is 12.0 Å². The van der Waals surface area contributed by atoms with Crippen LogP contribution in [0, 0.1) is 5.41 Å². The highest BCUT2D eigenvalue weighted by atomic mass is 35.5. The van der Waals surface area contributed by atoms with Crippen molar-refractivity contribution in [2.75, 3.05) is 6.54 Å². The molecule has 3 heteroatoms. The maximum atomic E-state index is 6.10. The molecule has 0 fully saturated rings. The average molecular weight is 302 g/mol. The van der Waals surface area contributed by atoms with E-state index < -0.39 is 0 Å². The highest BCUT2D eigenvalue weighted by Crippen LogP contribution is 2.30. The second-order valence-corrected chi connectivity index (χ2v) is 6.84. The number of hydrogen-bond donors (Lipinski definition) is 1. The van der Waals surface area contributed by atoms with Crippen LogP contribution in [0.25, 0.3) is 0 Å². The Hall–Kier alpha value is -0.240. The van der Waals surface area contributed by atoms with Crippen molar-refractivity contribution < 1.29 is 0 Å². The predicted octanol–water partition coefficient (Wildman–Crippen LogP) is 5.34. The van der Waals surface area contributed by atoms with Crippen LogP contribution in [0.3, 0.4) is 0 Å². The first-order valence-corrected chi connectivity index (χ1v) is 7.79. The van der Waals surface area contributed by atoms with E-state index in [1.54, 1.807) is 0 Å². The van der Waals surface area contributed by atoms with Gasteiger partial charge < -0.3 is 5.32 Å². The zero-order valence-corrected chi connectivity index (χ0v) is 13.9. The third-order valence-corrected chi connectivity index (χ3v) is 4.14. The minimum atomic E-state index is 0.260. The van der Waals surface area contributed by atoms with Gasteiger partial charge in [0.15, 0.2) is 0 Å². The Morgan fingerprint density at radius 3 is 2.42 bits per heavy atom.